The van der Waals surface area contributed by atoms with E-state index in [4.69, 9.17) is 0 Å². The van der Waals surface area contributed by atoms with Crippen LogP contribution < -0.4 is 0 Å². The fourth-order valence-corrected chi connectivity index (χ4v) is 1.61. The van der Waals surface area contributed by atoms with Gasteiger partial charge in [0.15, 0.2) is 0 Å². The van der Waals surface area contributed by atoms with Gasteiger partial charge in [0.25, 0.3) is 0 Å². The molecule has 1 aromatic carbocycles. The van der Waals surface area contributed by atoms with Crippen molar-refractivity contribution in [3.05, 3.63) is 53.7 Å². The zero-order valence-corrected chi connectivity index (χ0v) is 8.39. The molecule has 0 N–H and O–H groups in total. The number of halogens is 1. The average Bonchev–Trinajstić information content (AvgIpc) is 3.01. The molecule has 0 unspecified atom stereocenters. The topological polar surface area (TPSA) is 0 Å². The van der Waals surface area contributed by atoms with Crippen molar-refractivity contribution >= 4 is 0 Å². The largest absolute Gasteiger partial charge is 0.207 e. The molecule has 0 bridgehead atoms. The average molecular weight is 189 g/mol. The summed E-state index contributed by atoms with van der Waals surface area (Å²) in [5.41, 5.74) is 1.96. The second kappa shape index (κ2) is 3.56. The van der Waals surface area contributed by atoms with Crippen LogP contribution in [0.3, 0.4) is 0 Å². The quantitative estimate of drug-likeness (QED) is 0.677. The van der Waals surface area contributed by atoms with E-state index in [0.29, 0.717) is 5.92 Å². The number of hydrogen-bond acceptors (Lipinski definition) is 0. The van der Waals surface area contributed by atoms with Crippen LogP contribution in [-0.4, -0.2) is 0 Å². The summed E-state index contributed by atoms with van der Waals surface area (Å²) < 4.78 is 13.4. The Hall–Kier alpha value is -1.11. The molecule has 1 aliphatic rings. The summed E-state index contributed by atoms with van der Waals surface area (Å²) in [6.07, 6.45) is 4.07. The Labute approximate surface area is 84.5 Å². The Morgan fingerprint density at radius 3 is 2.79 bits per heavy atom. The summed E-state index contributed by atoms with van der Waals surface area (Å²) in [7, 11) is 0. The molecule has 0 atom stereocenters. The molecule has 1 aromatic rings. The van der Waals surface area contributed by atoms with Crippen molar-refractivity contribution in [3.63, 3.8) is 0 Å². The van der Waals surface area contributed by atoms with Crippen molar-refractivity contribution in [2.45, 2.75) is 25.7 Å². The van der Waals surface area contributed by atoms with Gasteiger partial charge in [0.05, 0.1) is 0 Å². The molecule has 2 rings (SSSR count). The Balaban J connectivity index is 2.34. The van der Waals surface area contributed by atoms with Crippen LogP contribution >= 0.6 is 0 Å². The van der Waals surface area contributed by atoms with Gasteiger partial charge in [-0.15, -0.1) is 6.58 Å². The SMILES string of the molecule is C=C[C](C)c1ccc(F)c(C2CC2)c1. The fourth-order valence-electron chi connectivity index (χ4n) is 1.61. The molecule has 1 heteroatoms. The van der Waals surface area contributed by atoms with Crippen LogP contribution in [0, 0.1) is 11.7 Å². The van der Waals surface area contributed by atoms with Gasteiger partial charge in [-0.05, 0) is 36.0 Å². The Kier molecular flexibility index (Phi) is 2.40. The Morgan fingerprint density at radius 1 is 1.50 bits per heavy atom. The maximum absolute atomic E-state index is 13.4. The molecule has 0 saturated heterocycles. The van der Waals surface area contributed by atoms with Crippen LogP contribution in [0.15, 0.2) is 30.9 Å². The van der Waals surface area contributed by atoms with Gasteiger partial charge in [0.2, 0.25) is 0 Å². The van der Waals surface area contributed by atoms with Gasteiger partial charge < -0.3 is 0 Å². The van der Waals surface area contributed by atoms with Crippen molar-refractivity contribution in [1.82, 2.24) is 0 Å². The molecule has 1 saturated carbocycles. The van der Waals surface area contributed by atoms with Crippen molar-refractivity contribution in [2.24, 2.45) is 0 Å². The molecule has 1 fully saturated rings. The third-order valence-electron chi connectivity index (χ3n) is 2.77. The second-order valence-electron chi connectivity index (χ2n) is 3.90. The lowest BCUT2D eigenvalue weighted by molar-refractivity contribution is 0.610. The van der Waals surface area contributed by atoms with Crippen LogP contribution in [0.2, 0.25) is 0 Å². The van der Waals surface area contributed by atoms with Gasteiger partial charge >= 0.3 is 0 Å². The van der Waals surface area contributed by atoms with Gasteiger partial charge in [0, 0.05) is 5.92 Å². The van der Waals surface area contributed by atoms with Crippen LogP contribution in [0.1, 0.15) is 36.8 Å². The van der Waals surface area contributed by atoms with E-state index in [1.807, 2.05) is 25.1 Å². The molecule has 0 amide bonds. The van der Waals surface area contributed by atoms with E-state index in [2.05, 4.69) is 6.58 Å². The van der Waals surface area contributed by atoms with E-state index in [0.717, 1.165) is 29.9 Å². The van der Waals surface area contributed by atoms with Crippen molar-refractivity contribution in [1.29, 1.82) is 0 Å². The number of benzene rings is 1. The first-order valence-electron chi connectivity index (χ1n) is 4.98. The lowest BCUT2D eigenvalue weighted by atomic mass is 9.97. The predicted molar refractivity (Wildman–Crippen MR) is 56.6 cm³/mol. The highest BCUT2D eigenvalue weighted by Crippen LogP contribution is 2.41. The molecule has 0 spiro atoms. The van der Waals surface area contributed by atoms with Crippen LogP contribution in [0.5, 0.6) is 0 Å². The molecular formula is C13H14F. The maximum Gasteiger partial charge on any atom is 0.126 e. The van der Waals surface area contributed by atoms with Gasteiger partial charge in [-0.2, -0.15) is 0 Å². The summed E-state index contributed by atoms with van der Waals surface area (Å²) in [5.74, 6) is 1.51. The minimum atomic E-state index is -0.0619. The lowest BCUT2D eigenvalue weighted by Gasteiger charge is -2.08. The standard InChI is InChI=1S/C13H14F/c1-3-9(2)11-6-7-13(14)12(8-11)10-4-5-10/h3,6-8,10H,1,4-5H2,2H3. The number of hydrogen-bond donors (Lipinski definition) is 0. The highest BCUT2D eigenvalue weighted by Gasteiger charge is 2.26. The van der Waals surface area contributed by atoms with Crippen molar-refractivity contribution in [2.75, 3.05) is 0 Å². The Morgan fingerprint density at radius 2 is 2.21 bits per heavy atom. The molecule has 1 aliphatic carbocycles. The number of allylic oxidation sites excluding steroid dienone is 1. The number of rotatable bonds is 3. The molecule has 0 nitrogen and oxygen atoms in total. The monoisotopic (exact) mass is 189 g/mol. The van der Waals surface area contributed by atoms with E-state index in [9.17, 15) is 4.39 Å². The van der Waals surface area contributed by atoms with Gasteiger partial charge in [-0.25, -0.2) is 4.39 Å². The molecule has 0 aliphatic heterocycles. The van der Waals surface area contributed by atoms with Crippen molar-refractivity contribution < 1.29 is 4.39 Å². The highest BCUT2D eigenvalue weighted by atomic mass is 19.1. The van der Waals surface area contributed by atoms with Crippen LogP contribution in [0.4, 0.5) is 4.39 Å². The summed E-state index contributed by atoms with van der Waals surface area (Å²) in [5, 5.41) is 0. The van der Waals surface area contributed by atoms with Crippen LogP contribution in [-0.2, 0) is 0 Å². The summed E-state index contributed by atoms with van der Waals surface area (Å²) in [6, 6.07) is 5.35. The molecule has 73 valence electrons. The second-order valence-corrected chi connectivity index (χ2v) is 3.90. The van der Waals surface area contributed by atoms with Crippen LogP contribution in [0.25, 0.3) is 0 Å². The van der Waals surface area contributed by atoms with Gasteiger partial charge in [-0.1, -0.05) is 25.1 Å². The third kappa shape index (κ3) is 1.72. The molecule has 1 radical (unpaired) electrons. The van der Waals surface area contributed by atoms with E-state index in [-0.39, 0.29) is 5.82 Å². The smallest absolute Gasteiger partial charge is 0.126 e. The zero-order chi connectivity index (χ0) is 10.1. The normalized spacial score (nSPS) is 15.9. The van der Waals surface area contributed by atoms with E-state index >= 15 is 0 Å². The summed E-state index contributed by atoms with van der Waals surface area (Å²) >= 11 is 0. The van der Waals surface area contributed by atoms with E-state index in [1.54, 1.807) is 6.07 Å². The predicted octanol–water partition coefficient (Wildman–Crippen LogP) is 3.83. The first kappa shape index (κ1) is 9.45. The first-order valence-corrected chi connectivity index (χ1v) is 4.98. The first-order chi connectivity index (χ1) is 6.72. The molecular weight excluding hydrogens is 175 g/mol. The Bertz CT molecular complexity index is 350. The molecule has 14 heavy (non-hydrogen) atoms. The minimum absolute atomic E-state index is 0.0619. The molecule has 0 aromatic heterocycles. The van der Waals surface area contributed by atoms with E-state index < -0.39 is 0 Å². The van der Waals surface area contributed by atoms with E-state index in [1.165, 1.54) is 0 Å². The van der Waals surface area contributed by atoms with Gasteiger partial charge in [0.1, 0.15) is 5.82 Å². The van der Waals surface area contributed by atoms with Crippen molar-refractivity contribution in [3.8, 4) is 0 Å². The lowest BCUT2D eigenvalue weighted by Crippen LogP contribution is -1.94. The van der Waals surface area contributed by atoms with Gasteiger partial charge in [-0.3, -0.25) is 0 Å². The maximum atomic E-state index is 13.4. The third-order valence-corrected chi connectivity index (χ3v) is 2.77. The summed E-state index contributed by atoms with van der Waals surface area (Å²) in [6.45, 7) is 5.72. The zero-order valence-electron chi connectivity index (χ0n) is 8.39. The fraction of sp³-hybridized carbons (Fsp3) is 0.308. The highest BCUT2D eigenvalue weighted by molar-refractivity contribution is 5.40. The molecule has 0 heterocycles. The minimum Gasteiger partial charge on any atom is -0.207 e. The summed E-state index contributed by atoms with van der Waals surface area (Å²) in [4.78, 5) is 0.